The summed E-state index contributed by atoms with van der Waals surface area (Å²) in [5.41, 5.74) is 5.27. The molecule has 1 amide bonds. The van der Waals surface area contributed by atoms with E-state index in [0.29, 0.717) is 18.3 Å². The number of carbonyl (C=O) groups excluding carboxylic acids is 1. The van der Waals surface area contributed by atoms with E-state index >= 15 is 0 Å². The average Bonchev–Trinajstić information content (AvgIpc) is 3.24. The fraction of sp³-hybridized carbons (Fsp3) is 0.429. The van der Waals surface area contributed by atoms with Crippen LogP contribution in [0.3, 0.4) is 0 Å². The van der Waals surface area contributed by atoms with Gasteiger partial charge in [0.15, 0.2) is 5.69 Å². The Morgan fingerprint density at radius 2 is 1.77 bits per heavy atom. The number of benzene rings is 2. The predicted octanol–water partition coefficient (Wildman–Crippen LogP) is 3.38. The number of para-hydroxylation sites is 2. The van der Waals surface area contributed by atoms with Gasteiger partial charge in [-0.05, 0) is 37.0 Å². The van der Waals surface area contributed by atoms with Gasteiger partial charge in [0.1, 0.15) is 5.75 Å². The lowest BCUT2D eigenvalue weighted by Gasteiger charge is -2.41. The standard InChI is InChI=1S/C28H35N5O2/c1-30(20-21-9-5-4-6-10-21)28(34)27-23-19-22(13-14-24(23)31(2)29-27)32-15-17-33(18-16-32)25-11-7-8-12-26(25)35-3/h4-12,22H,13-20H2,1-3H3/t22-/m0/s1. The molecule has 3 aromatic rings. The molecule has 35 heavy (non-hydrogen) atoms. The van der Waals surface area contributed by atoms with Gasteiger partial charge < -0.3 is 14.5 Å². The van der Waals surface area contributed by atoms with E-state index in [0.717, 1.165) is 62.3 Å². The van der Waals surface area contributed by atoms with E-state index in [9.17, 15) is 4.79 Å². The Balaban J connectivity index is 1.26. The van der Waals surface area contributed by atoms with E-state index in [1.165, 1.54) is 11.4 Å². The van der Waals surface area contributed by atoms with Crippen LogP contribution < -0.4 is 9.64 Å². The molecule has 1 aromatic heterocycles. The van der Waals surface area contributed by atoms with Crippen molar-refractivity contribution in [2.45, 2.75) is 31.8 Å². The second kappa shape index (κ2) is 10.1. The molecule has 1 fully saturated rings. The van der Waals surface area contributed by atoms with E-state index < -0.39 is 0 Å². The first kappa shape index (κ1) is 23.4. The van der Waals surface area contributed by atoms with Crippen LogP contribution in [0, 0.1) is 0 Å². The normalized spacial score (nSPS) is 18.3. The summed E-state index contributed by atoms with van der Waals surface area (Å²) in [6, 6.07) is 18.8. The molecule has 1 atom stereocenters. The number of anilines is 1. The van der Waals surface area contributed by atoms with Gasteiger partial charge >= 0.3 is 0 Å². The Bertz CT molecular complexity index is 1170. The predicted molar refractivity (Wildman–Crippen MR) is 138 cm³/mol. The van der Waals surface area contributed by atoms with Crippen LogP contribution >= 0.6 is 0 Å². The van der Waals surface area contributed by atoms with Crippen molar-refractivity contribution >= 4 is 11.6 Å². The second-order valence-corrected chi connectivity index (χ2v) is 9.64. The molecule has 7 heteroatoms. The number of amides is 1. The van der Waals surface area contributed by atoms with Crippen LogP contribution in [0.25, 0.3) is 0 Å². The highest BCUT2D eigenvalue weighted by Crippen LogP contribution is 2.31. The monoisotopic (exact) mass is 473 g/mol. The Hall–Kier alpha value is -3.32. The van der Waals surface area contributed by atoms with E-state index in [4.69, 9.17) is 9.84 Å². The molecule has 0 radical (unpaired) electrons. The van der Waals surface area contributed by atoms with Crippen molar-refractivity contribution in [3.8, 4) is 5.75 Å². The van der Waals surface area contributed by atoms with Crippen LogP contribution in [0.4, 0.5) is 5.69 Å². The van der Waals surface area contributed by atoms with Crippen LogP contribution in [-0.2, 0) is 26.4 Å². The summed E-state index contributed by atoms with van der Waals surface area (Å²) in [4.78, 5) is 20.2. The zero-order valence-corrected chi connectivity index (χ0v) is 21.0. The van der Waals surface area contributed by atoms with Gasteiger partial charge in [-0.3, -0.25) is 14.4 Å². The molecule has 0 saturated carbocycles. The smallest absolute Gasteiger partial charge is 0.274 e. The lowest BCUT2D eigenvalue weighted by Crippen LogP contribution is -2.52. The summed E-state index contributed by atoms with van der Waals surface area (Å²) in [5, 5.41) is 4.69. The maximum atomic E-state index is 13.4. The third-order valence-corrected chi connectivity index (χ3v) is 7.50. The van der Waals surface area contributed by atoms with Crippen molar-refractivity contribution in [2.75, 3.05) is 45.2 Å². The molecule has 1 aliphatic carbocycles. The number of carbonyl (C=O) groups is 1. The SMILES string of the molecule is COc1ccccc1N1CCN([C@H]2CCc3c(c(C(=O)N(C)Cc4ccccc4)nn3C)C2)CC1. The number of piperazine rings is 1. The molecule has 2 aliphatic rings. The first-order valence-corrected chi connectivity index (χ1v) is 12.5. The quantitative estimate of drug-likeness (QED) is 0.550. The van der Waals surface area contributed by atoms with Crippen molar-refractivity contribution in [3.05, 3.63) is 77.1 Å². The largest absolute Gasteiger partial charge is 0.495 e. The summed E-state index contributed by atoms with van der Waals surface area (Å²) in [6.07, 6.45) is 2.96. The van der Waals surface area contributed by atoms with Crippen LogP contribution in [0.2, 0.25) is 0 Å². The maximum absolute atomic E-state index is 13.4. The molecule has 0 spiro atoms. The lowest BCUT2D eigenvalue weighted by molar-refractivity contribution is 0.0776. The molecule has 0 bridgehead atoms. The van der Waals surface area contributed by atoms with E-state index in [1.807, 2.05) is 49.1 Å². The van der Waals surface area contributed by atoms with Gasteiger partial charge in [-0.1, -0.05) is 42.5 Å². The molecular weight excluding hydrogens is 438 g/mol. The highest BCUT2D eigenvalue weighted by Gasteiger charge is 2.33. The third-order valence-electron chi connectivity index (χ3n) is 7.50. The summed E-state index contributed by atoms with van der Waals surface area (Å²) < 4.78 is 7.50. The molecule has 5 rings (SSSR count). The van der Waals surface area contributed by atoms with Crippen molar-refractivity contribution in [1.82, 2.24) is 19.6 Å². The number of fused-ring (bicyclic) bond motifs is 1. The topological polar surface area (TPSA) is 53.8 Å². The van der Waals surface area contributed by atoms with E-state index in [1.54, 1.807) is 12.0 Å². The molecule has 2 aromatic carbocycles. The van der Waals surface area contributed by atoms with Crippen LogP contribution in [0.1, 0.15) is 33.7 Å². The highest BCUT2D eigenvalue weighted by molar-refractivity contribution is 5.94. The summed E-state index contributed by atoms with van der Waals surface area (Å²) in [5.74, 6) is 0.939. The number of methoxy groups -OCH3 is 1. The van der Waals surface area contributed by atoms with Gasteiger partial charge in [0.25, 0.3) is 5.91 Å². The Kier molecular flexibility index (Phi) is 6.77. The number of hydrogen-bond donors (Lipinski definition) is 0. The third kappa shape index (κ3) is 4.78. The molecule has 1 saturated heterocycles. The maximum Gasteiger partial charge on any atom is 0.274 e. The Labute approximate surface area is 207 Å². The Morgan fingerprint density at radius 3 is 2.51 bits per heavy atom. The molecule has 184 valence electrons. The van der Waals surface area contributed by atoms with Gasteiger partial charge in [-0.15, -0.1) is 0 Å². The number of aromatic nitrogens is 2. The van der Waals surface area contributed by atoms with Gasteiger partial charge in [0.05, 0.1) is 12.8 Å². The van der Waals surface area contributed by atoms with Crippen LogP contribution in [0.5, 0.6) is 5.75 Å². The minimum atomic E-state index is 0.00680. The lowest BCUT2D eigenvalue weighted by atomic mass is 9.89. The van der Waals surface area contributed by atoms with Gasteiger partial charge in [0, 0.05) is 64.1 Å². The fourth-order valence-corrected chi connectivity index (χ4v) is 5.58. The van der Waals surface area contributed by atoms with Crippen molar-refractivity contribution in [1.29, 1.82) is 0 Å². The first-order chi connectivity index (χ1) is 17.0. The summed E-state index contributed by atoms with van der Waals surface area (Å²) in [7, 11) is 5.58. The van der Waals surface area contributed by atoms with Gasteiger partial charge in [0.2, 0.25) is 0 Å². The number of rotatable bonds is 6. The molecular formula is C28H35N5O2. The fourth-order valence-electron chi connectivity index (χ4n) is 5.58. The number of nitrogens with zero attached hydrogens (tertiary/aromatic N) is 5. The molecule has 0 unspecified atom stereocenters. The van der Waals surface area contributed by atoms with E-state index in [2.05, 4.69) is 34.1 Å². The van der Waals surface area contributed by atoms with Crippen molar-refractivity contribution < 1.29 is 9.53 Å². The highest BCUT2D eigenvalue weighted by atomic mass is 16.5. The molecule has 7 nitrogen and oxygen atoms in total. The van der Waals surface area contributed by atoms with Crippen LogP contribution in [-0.4, -0.2) is 71.9 Å². The zero-order chi connectivity index (χ0) is 24.4. The molecule has 0 N–H and O–H groups in total. The van der Waals surface area contributed by atoms with Gasteiger partial charge in [-0.25, -0.2) is 0 Å². The van der Waals surface area contributed by atoms with Crippen LogP contribution in [0.15, 0.2) is 54.6 Å². The zero-order valence-electron chi connectivity index (χ0n) is 21.0. The van der Waals surface area contributed by atoms with Crippen molar-refractivity contribution in [2.24, 2.45) is 7.05 Å². The first-order valence-electron chi connectivity index (χ1n) is 12.5. The molecule has 2 heterocycles. The van der Waals surface area contributed by atoms with Gasteiger partial charge in [-0.2, -0.15) is 5.10 Å². The molecule has 1 aliphatic heterocycles. The minimum Gasteiger partial charge on any atom is -0.495 e. The summed E-state index contributed by atoms with van der Waals surface area (Å²) in [6.45, 7) is 4.55. The minimum absolute atomic E-state index is 0.00680. The summed E-state index contributed by atoms with van der Waals surface area (Å²) >= 11 is 0. The number of hydrogen-bond acceptors (Lipinski definition) is 5. The van der Waals surface area contributed by atoms with E-state index in [-0.39, 0.29) is 5.91 Å². The second-order valence-electron chi connectivity index (χ2n) is 9.64. The average molecular weight is 474 g/mol. The number of ether oxygens (including phenoxy) is 1. The Morgan fingerprint density at radius 1 is 1.06 bits per heavy atom. The van der Waals surface area contributed by atoms with Crippen molar-refractivity contribution in [3.63, 3.8) is 0 Å². The number of aryl methyl sites for hydroxylation is 1.